The topological polar surface area (TPSA) is 89.5 Å². The summed E-state index contributed by atoms with van der Waals surface area (Å²) in [4.78, 5) is 26.2. The zero-order valence-electron chi connectivity index (χ0n) is 18.6. The number of carbonyl (C=O) groups excluding carboxylic acids is 1. The Labute approximate surface area is 195 Å². The lowest BCUT2D eigenvalue weighted by atomic mass is 10.2. The molecule has 0 saturated carbocycles. The monoisotopic (exact) mass is 462 g/mol. The summed E-state index contributed by atoms with van der Waals surface area (Å²) in [6.45, 7) is 2.56. The number of ether oxygens (including phenoxy) is 1. The second-order valence-electron chi connectivity index (χ2n) is 7.82. The minimum absolute atomic E-state index is 0.126. The van der Waals surface area contributed by atoms with E-state index in [0.717, 1.165) is 5.69 Å². The van der Waals surface area contributed by atoms with Gasteiger partial charge in [0.05, 0.1) is 30.3 Å². The van der Waals surface area contributed by atoms with Gasteiger partial charge in [0.15, 0.2) is 5.76 Å². The standard InChI is InChI=1S/C24H23FN6O3/c1-33-16-21-19(15-27-31(21)24-26-9-8-20(28-24)22-3-2-14-34-22)23(32)30-12-10-29(11-13-30)18-6-4-17(25)5-7-18/h2-9,14-15H,10-13,16H2,1H3. The number of benzene rings is 1. The van der Waals surface area contributed by atoms with Crippen LogP contribution in [-0.2, 0) is 11.3 Å². The van der Waals surface area contributed by atoms with Crippen molar-refractivity contribution in [3.63, 3.8) is 0 Å². The molecule has 0 unspecified atom stereocenters. The SMILES string of the molecule is COCc1c(C(=O)N2CCN(c3ccc(F)cc3)CC2)cnn1-c1nccc(-c2ccco2)n1. The van der Waals surface area contributed by atoms with Gasteiger partial charge < -0.3 is 19.0 Å². The molecule has 174 valence electrons. The third-order valence-electron chi connectivity index (χ3n) is 5.74. The van der Waals surface area contributed by atoms with Gasteiger partial charge in [0, 0.05) is 45.2 Å². The lowest BCUT2D eigenvalue weighted by Gasteiger charge is -2.36. The highest BCUT2D eigenvalue weighted by Gasteiger charge is 2.27. The van der Waals surface area contributed by atoms with E-state index in [2.05, 4.69) is 20.0 Å². The molecule has 3 aromatic heterocycles. The molecule has 0 radical (unpaired) electrons. The van der Waals surface area contributed by atoms with Crippen LogP contribution in [0.3, 0.4) is 0 Å². The number of hydrogen-bond donors (Lipinski definition) is 0. The van der Waals surface area contributed by atoms with Crippen molar-refractivity contribution in [1.82, 2.24) is 24.6 Å². The predicted octanol–water partition coefficient (Wildman–Crippen LogP) is 3.17. The number of nitrogens with zero attached hydrogens (tertiary/aromatic N) is 6. The molecule has 1 aliphatic rings. The molecule has 4 aromatic rings. The lowest BCUT2D eigenvalue weighted by Crippen LogP contribution is -2.49. The minimum Gasteiger partial charge on any atom is -0.463 e. The molecule has 34 heavy (non-hydrogen) atoms. The molecule has 1 amide bonds. The maximum absolute atomic E-state index is 13.4. The molecule has 0 bridgehead atoms. The normalized spacial score (nSPS) is 13.9. The molecule has 1 aromatic carbocycles. The van der Waals surface area contributed by atoms with Crippen molar-refractivity contribution in [2.45, 2.75) is 6.61 Å². The Bertz CT molecular complexity index is 1260. The van der Waals surface area contributed by atoms with Gasteiger partial charge in [-0.15, -0.1) is 0 Å². The van der Waals surface area contributed by atoms with Gasteiger partial charge in [-0.1, -0.05) is 0 Å². The molecular formula is C24H23FN6O3. The molecule has 5 rings (SSSR count). The molecular weight excluding hydrogens is 439 g/mol. The fraction of sp³-hybridized carbons (Fsp3) is 0.250. The highest BCUT2D eigenvalue weighted by Crippen LogP contribution is 2.22. The van der Waals surface area contributed by atoms with E-state index < -0.39 is 0 Å². The smallest absolute Gasteiger partial charge is 0.257 e. The molecule has 0 spiro atoms. The molecule has 0 atom stereocenters. The van der Waals surface area contributed by atoms with Crippen LogP contribution in [0.5, 0.6) is 0 Å². The van der Waals surface area contributed by atoms with Crippen LogP contribution < -0.4 is 4.90 Å². The Morgan fingerprint density at radius 1 is 1.12 bits per heavy atom. The van der Waals surface area contributed by atoms with E-state index >= 15 is 0 Å². The van der Waals surface area contributed by atoms with E-state index in [1.165, 1.54) is 23.0 Å². The van der Waals surface area contributed by atoms with Crippen LogP contribution in [0.15, 0.2) is 65.5 Å². The number of amides is 1. The lowest BCUT2D eigenvalue weighted by molar-refractivity contribution is 0.0741. The Balaban J connectivity index is 1.36. The van der Waals surface area contributed by atoms with Gasteiger partial charge in [0.25, 0.3) is 11.9 Å². The number of furan rings is 1. The maximum atomic E-state index is 13.4. The molecule has 0 aliphatic carbocycles. The van der Waals surface area contributed by atoms with E-state index in [9.17, 15) is 9.18 Å². The van der Waals surface area contributed by atoms with E-state index in [1.54, 1.807) is 48.7 Å². The van der Waals surface area contributed by atoms with E-state index in [4.69, 9.17) is 9.15 Å². The van der Waals surface area contributed by atoms with Crippen molar-refractivity contribution in [2.24, 2.45) is 0 Å². The third kappa shape index (κ3) is 4.27. The Morgan fingerprint density at radius 2 is 1.91 bits per heavy atom. The average molecular weight is 462 g/mol. The van der Waals surface area contributed by atoms with Crippen molar-refractivity contribution < 1.29 is 18.3 Å². The first kappa shape index (κ1) is 21.8. The molecule has 1 fully saturated rings. The van der Waals surface area contributed by atoms with Gasteiger partial charge in [-0.3, -0.25) is 4.79 Å². The first-order valence-electron chi connectivity index (χ1n) is 10.9. The minimum atomic E-state index is -0.265. The number of aromatic nitrogens is 4. The van der Waals surface area contributed by atoms with Crippen molar-refractivity contribution in [2.75, 3.05) is 38.2 Å². The Kier molecular flexibility index (Phi) is 6.05. The van der Waals surface area contributed by atoms with Gasteiger partial charge in [0.2, 0.25) is 0 Å². The van der Waals surface area contributed by atoms with Gasteiger partial charge in [-0.2, -0.15) is 9.78 Å². The van der Waals surface area contributed by atoms with Gasteiger partial charge >= 0.3 is 0 Å². The fourth-order valence-electron chi connectivity index (χ4n) is 4.00. The third-order valence-corrected chi connectivity index (χ3v) is 5.74. The van der Waals surface area contributed by atoms with Crippen molar-refractivity contribution in [3.8, 4) is 17.4 Å². The van der Waals surface area contributed by atoms with Crippen LogP contribution in [0, 0.1) is 5.82 Å². The molecule has 0 N–H and O–H groups in total. The van der Waals surface area contributed by atoms with E-state index in [1.807, 2.05) is 6.07 Å². The average Bonchev–Trinajstić information content (AvgIpc) is 3.55. The summed E-state index contributed by atoms with van der Waals surface area (Å²) in [6.07, 6.45) is 4.73. The Hall–Kier alpha value is -4.05. The second kappa shape index (κ2) is 9.44. The van der Waals surface area contributed by atoms with Crippen LogP contribution in [-0.4, -0.2) is 63.8 Å². The number of carbonyl (C=O) groups is 1. The van der Waals surface area contributed by atoms with E-state index in [-0.39, 0.29) is 18.3 Å². The predicted molar refractivity (Wildman–Crippen MR) is 122 cm³/mol. The van der Waals surface area contributed by atoms with Crippen LogP contribution in [0.2, 0.25) is 0 Å². The van der Waals surface area contributed by atoms with Gasteiger partial charge in [-0.05, 0) is 42.5 Å². The molecule has 1 aliphatic heterocycles. The summed E-state index contributed by atoms with van der Waals surface area (Å²) in [6, 6.07) is 11.7. The highest BCUT2D eigenvalue weighted by molar-refractivity contribution is 5.95. The first-order chi connectivity index (χ1) is 16.6. The fourth-order valence-corrected chi connectivity index (χ4v) is 4.00. The molecule has 1 saturated heterocycles. The van der Waals surface area contributed by atoms with Crippen molar-refractivity contribution in [3.05, 3.63) is 78.2 Å². The van der Waals surface area contributed by atoms with Gasteiger partial charge in [0.1, 0.15) is 11.5 Å². The number of methoxy groups -OCH3 is 1. The van der Waals surface area contributed by atoms with Crippen LogP contribution in [0.4, 0.5) is 10.1 Å². The number of hydrogen-bond acceptors (Lipinski definition) is 7. The summed E-state index contributed by atoms with van der Waals surface area (Å²) in [5.74, 6) is 0.540. The van der Waals surface area contributed by atoms with Crippen LogP contribution >= 0.6 is 0 Å². The first-order valence-corrected chi connectivity index (χ1v) is 10.9. The summed E-state index contributed by atoms with van der Waals surface area (Å²) < 4.78 is 25.5. The number of halogens is 1. The second-order valence-corrected chi connectivity index (χ2v) is 7.82. The summed E-state index contributed by atoms with van der Waals surface area (Å²) in [5.41, 5.74) is 2.57. The van der Waals surface area contributed by atoms with Crippen molar-refractivity contribution in [1.29, 1.82) is 0 Å². The molecule has 10 heteroatoms. The van der Waals surface area contributed by atoms with Crippen molar-refractivity contribution >= 4 is 11.6 Å². The van der Waals surface area contributed by atoms with Gasteiger partial charge in [-0.25, -0.2) is 14.4 Å². The highest BCUT2D eigenvalue weighted by atomic mass is 19.1. The van der Waals surface area contributed by atoms with Crippen LogP contribution in [0.1, 0.15) is 16.1 Å². The number of piperazine rings is 1. The van der Waals surface area contributed by atoms with Crippen LogP contribution in [0.25, 0.3) is 17.4 Å². The zero-order valence-corrected chi connectivity index (χ0v) is 18.6. The summed E-state index contributed by atoms with van der Waals surface area (Å²) >= 11 is 0. The molecule has 9 nitrogen and oxygen atoms in total. The molecule has 4 heterocycles. The summed E-state index contributed by atoms with van der Waals surface area (Å²) in [7, 11) is 1.56. The maximum Gasteiger partial charge on any atom is 0.257 e. The number of anilines is 1. The zero-order chi connectivity index (χ0) is 23.5. The Morgan fingerprint density at radius 3 is 2.62 bits per heavy atom. The van der Waals surface area contributed by atoms with E-state index in [0.29, 0.717) is 54.8 Å². The summed E-state index contributed by atoms with van der Waals surface area (Å²) in [5, 5.41) is 4.40. The number of rotatable bonds is 6. The quantitative estimate of drug-likeness (QED) is 0.435. The largest absolute Gasteiger partial charge is 0.463 e.